The van der Waals surface area contributed by atoms with Gasteiger partial charge in [0.15, 0.2) is 0 Å². The Balaban J connectivity index is 1.53. The van der Waals surface area contributed by atoms with Crippen LogP contribution in [-0.2, 0) is 19.2 Å². The van der Waals surface area contributed by atoms with Gasteiger partial charge in [-0.1, -0.05) is 17.7 Å². The molecule has 4 amide bonds. The number of imide groups is 3. The Morgan fingerprint density at radius 3 is 2.31 bits per heavy atom. The van der Waals surface area contributed by atoms with Gasteiger partial charge in [0.05, 0.1) is 6.61 Å². The topological polar surface area (TPSA) is 92.8 Å². The molecule has 1 N–H and O–H groups in total. The third kappa shape index (κ3) is 5.84. The highest BCUT2D eigenvalue weighted by atomic mass is 16.5. The summed E-state index contributed by atoms with van der Waals surface area (Å²) in [6.45, 7) is 3.05. The van der Waals surface area contributed by atoms with Gasteiger partial charge in [-0.2, -0.15) is 0 Å². The standard InChI is InChI=1S/C19H22N2O5/c1-14-4-6-15(7-5-14)26-13-3-2-12-20-16(22)8-9-17(23)21-18(24)10-11-19(21)25/h4-7,10-11H,2-3,8-9,12-13H2,1H3,(H,20,22). The van der Waals surface area contributed by atoms with Crippen molar-refractivity contribution >= 4 is 23.6 Å². The van der Waals surface area contributed by atoms with Gasteiger partial charge in [0, 0.05) is 31.5 Å². The lowest BCUT2D eigenvalue weighted by molar-refractivity contribution is -0.149. The van der Waals surface area contributed by atoms with Crippen molar-refractivity contribution in [2.75, 3.05) is 13.2 Å². The van der Waals surface area contributed by atoms with E-state index in [-0.39, 0.29) is 18.7 Å². The monoisotopic (exact) mass is 358 g/mol. The van der Waals surface area contributed by atoms with E-state index in [1.165, 1.54) is 5.56 Å². The molecule has 0 fully saturated rings. The van der Waals surface area contributed by atoms with Crippen LogP contribution in [0.25, 0.3) is 0 Å². The molecule has 0 atom stereocenters. The molecule has 1 aromatic rings. The van der Waals surface area contributed by atoms with Crippen molar-refractivity contribution in [3.63, 3.8) is 0 Å². The normalized spacial score (nSPS) is 13.2. The van der Waals surface area contributed by atoms with E-state index < -0.39 is 17.7 Å². The van der Waals surface area contributed by atoms with Crippen molar-refractivity contribution in [2.45, 2.75) is 32.6 Å². The molecule has 0 spiro atoms. The molecule has 1 aliphatic heterocycles. The van der Waals surface area contributed by atoms with Crippen molar-refractivity contribution in [1.29, 1.82) is 0 Å². The number of amides is 4. The average molecular weight is 358 g/mol. The highest BCUT2D eigenvalue weighted by molar-refractivity contribution is 6.22. The molecule has 1 aliphatic rings. The molecule has 0 radical (unpaired) electrons. The van der Waals surface area contributed by atoms with E-state index in [2.05, 4.69) is 5.32 Å². The number of nitrogens with zero attached hydrogens (tertiary/aromatic N) is 1. The summed E-state index contributed by atoms with van der Waals surface area (Å²) >= 11 is 0. The highest BCUT2D eigenvalue weighted by Gasteiger charge is 2.29. The molecule has 138 valence electrons. The molecule has 2 rings (SSSR count). The maximum Gasteiger partial charge on any atom is 0.260 e. The first-order valence-corrected chi connectivity index (χ1v) is 8.52. The van der Waals surface area contributed by atoms with Gasteiger partial charge >= 0.3 is 0 Å². The van der Waals surface area contributed by atoms with Crippen LogP contribution in [0.5, 0.6) is 5.75 Å². The molecule has 1 heterocycles. The fourth-order valence-electron chi connectivity index (χ4n) is 2.35. The van der Waals surface area contributed by atoms with E-state index in [1.807, 2.05) is 31.2 Å². The number of benzene rings is 1. The van der Waals surface area contributed by atoms with Crippen molar-refractivity contribution in [3.8, 4) is 5.75 Å². The van der Waals surface area contributed by atoms with Gasteiger partial charge in [-0.25, -0.2) is 4.90 Å². The number of hydrogen-bond donors (Lipinski definition) is 1. The second kappa shape index (κ2) is 9.50. The van der Waals surface area contributed by atoms with E-state index in [0.29, 0.717) is 18.1 Å². The first-order valence-electron chi connectivity index (χ1n) is 8.52. The van der Waals surface area contributed by atoms with Gasteiger partial charge in [0.1, 0.15) is 5.75 Å². The van der Waals surface area contributed by atoms with Crippen molar-refractivity contribution in [1.82, 2.24) is 10.2 Å². The number of unbranched alkanes of at least 4 members (excludes halogenated alkanes) is 1. The molecule has 1 aromatic carbocycles. The summed E-state index contributed by atoms with van der Waals surface area (Å²) in [5, 5.41) is 2.71. The quantitative estimate of drug-likeness (QED) is 0.533. The Labute approximate surface area is 152 Å². The van der Waals surface area contributed by atoms with Crippen LogP contribution >= 0.6 is 0 Å². The fraction of sp³-hybridized carbons (Fsp3) is 0.368. The SMILES string of the molecule is Cc1ccc(OCCCCNC(=O)CCC(=O)N2C(=O)C=CC2=O)cc1. The minimum atomic E-state index is -0.661. The number of carbonyl (C=O) groups excluding carboxylic acids is 4. The predicted molar refractivity (Wildman–Crippen MR) is 94.2 cm³/mol. The van der Waals surface area contributed by atoms with Crippen LogP contribution in [-0.4, -0.2) is 41.7 Å². The fourth-order valence-corrected chi connectivity index (χ4v) is 2.35. The van der Waals surface area contributed by atoms with E-state index in [1.54, 1.807) is 0 Å². The second-order valence-corrected chi connectivity index (χ2v) is 5.96. The number of carbonyl (C=O) groups is 4. The zero-order valence-corrected chi connectivity index (χ0v) is 14.7. The summed E-state index contributed by atoms with van der Waals surface area (Å²) < 4.78 is 5.59. The zero-order chi connectivity index (χ0) is 18.9. The molecule has 0 aliphatic carbocycles. The molecule has 0 saturated carbocycles. The Hall–Kier alpha value is -2.96. The van der Waals surface area contributed by atoms with E-state index >= 15 is 0 Å². The molecular weight excluding hydrogens is 336 g/mol. The smallest absolute Gasteiger partial charge is 0.260 e. The lowest BCUT2D eigenvalue weighted by Crippen LogP contribution is -2.37. The van der Waals surface area contributed by atoms with Gasteiger partial charge in [0.2, 0.25) is 11.8 Å². The first-order chi connectivity index (χ1) is 12.5. The summed E-state index contributed by atoms with van der Waals surface area (Å²) in [6, 6.07) is 7.80. The van der Waals surface area contributed by atoms with Crippen molar-refractivity contribution in [2.24, 2.45) is 0 Å². The lowest BCUT2D eigenvalue weighted by Gasteiger charge is -2.11. The van der Waals surface area contributed by atoms with Crippen LogP contribution < -0.4 is 10.1 Å². The molecular formula is C19H22N2O5. The summed E-state index contributed by atoms with van der Waals surface area (Å²) in [7, 11) is 0. The molecule has 0 unspecified atom stereocenters. The molecule has 26 heavy (non-hydrogen) atoms. The van der Waals surface area contributed by atoms with E-state index in [4.69, 9.17) is 4.74 Å². The largest absolute Gasteiger partial charge is 0.494 e. The summed E-state index contributed by atoms with van der Waals surface area (Å²) in [5.41, 5.74) is 1.17. The molecule has 7 heteroatoms. The van der Waals surface area contributed by atoms with Crippen LogP contribution in [0.2, 0.25) is 0 Å². The highest BCUT2D eigenvalue weighted by Crippen LogP contribution is 2.11. The Bertz CT molecular complexity index is 691. The van der Waals surface area contributed by atoms with E-state index in [0.717, 1.165) is 30.7 Å². The van der Waals surface area contributed by atoms with Gasteiger partial charge in [0.25, 0.3) is 11.8 Å². The van der Waals surface area contributed by atoms with Gasteiger partial charge in [-0.3, -0.25) is 19.2 Å². The minimum absolute atomic E-state index is 0.0598. The van der Waals surface area contributed by atoms with Crippen LogP contribution in [0.1, 0.15) is 31.2 Å². The number of aryl methyl sites for hydroxylation is 1. The van der Waals surface area contributed by atoms with Gasteiger partial charge in [-0.15, -0.1) is 0 Å². The number of hydrogen-bond acceptors (Lipinski definition) is 5. The van der Waals surface area contributed by atoms with Crippen LogP contribution in [0.15, 0.2) is 36.4 Å². The third-order valence-corrected chi connectivity index (χ3v) is 3.81. The third-order valence-electron chi connectivity index (χ3n) is 3.81. The Morgan fingerprint density at radius 1 is 1.00 bits per heavy atom. The Kier molecular flexibility index (Phi) is 7.08. The summed E-state index contributed by atoms with van der Waals surface area (Å²) in [6.07, 6.45) is 3.38. The van der Waals surface area contributed by atoms with Crippen LogP contribution in [0, 0.1) is 6.92 Å². The lowest BCUT2D eigenvalue weighted by atomic mass is 10.2. The molecule has 7 nitrogen and oxygen atoms in total. The maximum absolute atomic E-state index is 11.8. The Morgan fingerprint density at radius 2 is 1.65 bits per heavy atom. The number of rotatable bonds is 9. The van der Waals surface area contributed by atoms with Crippen molar-refractivity contribution in [3.05, 3.63) is 42.0 Å². The summed E-state index contributed by atoms with van der Waals surface area (Å²) in [4.78, 5) is 46.7. The van der Waals surface area contributed by atoms with Gasteiger partial charge < -0.3 is 10.1 Å². The molecule has 0 aromatic heterocycles. The van der Waals surface area contributed by atoms with E-state index in [9.17, 15) is 19.2 Å². The minimum Gasteiger partial charge on any atom is -0.494 e. The van der Waals surface area contributed by atoms with Crippen LogP contribution in [0.3, 0.4) is 0 Å². The average Bonchev–Trinajstić information content (AvgIpc) is 2.96. The van der Waals surface area contributed by atoms with Crippen LogP contribution in [0.4, 0.5) is 0 Å². The first kappa shape index (κ1) is 19.4. The summed E-state index contributed by atoms with van der Waals surface area (Å²) in [5.74, 6) is -1.45. The number of nitrogens with one attached hydrogen (secondary N) is 1. The van der Waals surface area contributed by atoms with Gasteiger partial charge in [-0.05, 0) is 31.9 Å². The van der Waals surface area contributed by atoms with Crippen molar-refractivity contribution < 1.29 is 23.9 Å². The second-order valence-electron chi connectivity index (χ2n) is 5.96. The maximum atomic E-state index is 11.8. The number of ether oxygens (including phenoxy) is 1. The molecule has 0 bridgehead atoms. The zero-order valence-electron chi connectivity index (χ0n) is 14.7. The predicted octanol–water partition coefficient (Wildman–Crippen LogP) is 1.50. The molecule has 0 saturated heterocycles.